The van der Waals surface area contributed by atoms with Gasteiger partial charge in [-0.3, -0.25) is 0 Å². The van der Waals surface area contributed by atoms with Crippen LogP contribution in [0.1, 0.15) is 0 Å². The van der Waals surface area contributed by atoms with Crippen LogP contribution in [0.2, 0.25) is 0 Å². The van der Waals surface area contributed by atoms with E-state index in [1.54, 1.807) is 18.3 Å². The molecule has 0 saturated heterocycles. The summed E-state index contributed by atoms with van der Waals surface area (Å²) in [5, 5.41) is 15.4. The van der Waals surface area contributed by atoms with E-state index in [1.807, 2.05) is 0 Å². The Bertz CT molecular complexity index is 2380. The Balaban J connectivity index is 1.52. The maximum Gasteiger partial charge on any atom is 0.206 e. The van der Waals surface area contributed by atoms with Gasteiger partial charge in [-0.05, 0) is 58.7 Å². The molecule has 1 aromatic heterocycles. The molecule has 0 radical (unpaired) electrons. The van der Waals surface area contributed by atoms with Gasteiger partial charge in [0.1, 0.15) is 16.4 Å². The molecule has 6 nitrogen and oxygen atoms in total. The summed E-state index contributed by atoms with van der Waals surface area (Å²) in [5.41, 5.74) is 1.77. The van der Waals surface area contributed by atoms with Crippen LogP contribution in [0.5, 0.6) is 0 Å². The van der Waals surface area contributed by atoms with Gasteiger partial charge in [0.25, 0.3) is 0 Å². The SMILES string of the molecule is [C-]#[N+]/N=c1\c2cc(-c3cc(F)c(F)c(F)c3)ccc2c2nc3/c(=N/C#N)c4cc(-c5cc(F)c(F)c(F)c5)ccc4c3nc12. The first-order valence-electron chi connectivity index (χ1n) is 12.6. The number of aromatic nitrogens is 2. The van der Waals surface area contributed by atoms with Crippen molar-refractivity contribution in [2.75, 3.05) is 0 Å². The molecule has 210 valence electrons. The van der Waals surface area contributed by atoms with Gasteiger partial charge in [0, 0.05) is 21.5 Å². The van der Waals surface area contributed by atoms with Gasteiger partial charge in [-0.15, -0.1) is 4.95 Å². The highest BCUT2D eigenvalue weighted by Gasteiger charge is 2.21. The molecule has 0 aliphatic rings. The number of hydrogen-bond acceptors (Lipinski definition) is 5. The van der Waals surface area contributed by atoms with E-state index in [4.69, 9.17) is 16.5 Å². The lowest BCUT2D eigenvalue weighted by Gasteiger charge is -2.04. The highest BCUT2D eigenvalue weighted by molar-refractivity contribution is 6.15. The van der Waals surface area contributed by atoms with E-state index in [-0.39, 0.29) is 32.9 Å². The third-order valence-electron chi connectivity index (χ3n) is 7.35. The van der Waals surface area contributed by atoms with Crippen molar-refractivity contribution in [1.29, 1.82) is 5.26 Å². The summed E-state index contributed by atoms with van der Waals surface area (Å²) in [5.74, 6) is -8.65. The summed E-state index contributed by atoms with van der Waals surface area (Å²) in [7, 11) is 0. The second-order valence-electron chi connectivity index (χ2n) is 9.76. The molecule has 7 rings (SSSR count). The van der Waals surface area contributed by atoms with Crippen molar-refractivity contribution in [3.63, 3.8) is 0 Å². The minimum absolute atomic E-state index is 0.0528. The van der Waals surface area contributed by atoms with Gasteiger partial charge in [-0.25, -0.2) is 36.3 Å². The van der Waals surface area contributed by atoms with Gasteiger partial charge in [0.05, 0.1) is 16.1 Å². The average Bonchev–Trinajstić information content (AvgIpc) is 3.48. The van der Waals surface area contributed by atoms with Crippen LogP contribution < -0.4 is 10.7 Å². The zero-order chi connectivity index (χ0) is 30.9. The summed E-state index contributed by atoms with van der Waals surface area (Å²) in [6.45, 7) is 7.37. The number of rotatable bonds is 2. The van der Waals surface area contributed by atoms with Crippen LogP contribution in [0.4, 0.5) is 26.3 Å². The Morgan fingerprint density at radius 3 is 1.43 bits per heavy atom. The van der Waals surface area contributed by atoms with Crippen LogP contribution in [0, 0.1) is 52.9 Å². The number of fused-ring (bicyclic) bond motifs is 6. The van der Waals surface area contributed by atoms with Crippen molar-refractivity contribution >= 4 is 43.6 Å². The molecule has 0 bridgehead atoms. The fourth-order valence-corrected chi connectivity index (χ4v) is 5.41. The molecule has 0 aliphatic carbocycles. The van der Waals surface area contributed by atoms with Gasteiger partial charge in [-0.2, -0.15) is 16.8 Å². The summed E-state index contributed by atoms with van der Waals surface area (Å²) >= 11 is 0. The van der Waals surface area contributed by atoms with Crippen LogP contribution in [-0.4, -0.2) is 9.97 Å². The number of halogens is 6. The molecule has 44 heavy (non-hydrogen) atoms. The quantitative estimate of drug-likeness (QED) is 0.0698. The Morgan fingerprint density at radius 2 is 1.00 bits per heavy atom. The van der Waals surface area contributed by atoms with Gasteiger partial charge >= 0.3 is 0 Å². The third kappa shape index (κ3) is 3.89. The molecule has 0 unspecified atom stereocenters. The Labute approximate surface area is 241 Å². The summed E-state index contributed by atoms with van der Waals surface area (Å²) in [6, 6.07) is 12.7. The lowest BCUT2D eigenvalue weighted by Crippen LogP contribution is -2.03. The monoisotopic (exact) mass is 592 g/mol. The standard InChI is InChI=1S/C32H10F6N6/c1-40-44-30-20-7-14(16-10-23(35)26(38)24(36)11-16)3-5-18(20)29-32(30)43-28-17-4-2-13(15-8-21(33)25(37)22(34)9-15)6-19(17)27(41-12-39)31(28)42-29/h2-11H/b41-27+,44-30+. The predicted molar refractivity (Wildman–Crippen MR) is 148 cm³/mol. The van der Waals surface area contributed by atoms with E-state index in [2.05, 4.69) is 15.0 Å². The molecule has 0 saturated carbocycles. The van der Waals surface area contributed by atoms with Crippen LogP contribution in [0.25, 0.3) is 70.8 Å². The molecular weight excluding hydrogens is 582 g/mol. The van der Waals surface area contributed by atoms with E-state index in [0.717, 1.165) is 24.3 Å². The topological polar surface area (TPSA) is 78.6 Å². The van der Waals surface area contributed by atoms with Crippen molar-refractivity contribution in [2.24, 2.45) is 10.1 Å². The molecule has 12 heteroatoms. The van der Waals surface area contributed by atoms with Gasteiger partial charge in [-0.1, -0.05) is 24.3 Å². The molecule has 0 atom stereocenters. The first kappa shape index (κ1) is 26.7. The molecule has 1 heterocycles. The highest BCUT2D eigenvalue weighted by Crippen LogP contribution is 2.33. The van der Waals surface area contributed by atoms with E-state index in [9.17, 15) is 31.6 Å². The molecule has 0 aliphatic heterocycles. The Hall–Kier alpha value is -6.14. The normalized spacial score (nSPS) is 12.5. The fraction of sp³-hybridized carbons (Fsp3) is 0. The van der Waals surface area contributed by atoms with E-state index in [1.165, 1.54) is 24.3 Å². The molecule has 0 amide bonds. The second-order valence-corrected chi connectivity index (χ2v) is 9.76. The number of hydrogen-bond donors (Lipinski definition) is 0. The highest BCUT2D eigenvalue weighted by atomic mass is 19.2. The van der Waals surface area contributed by atoms with Crippen molar-refractivity contribution in [1.82, 2.24) is 9.97 Å². The minimum atomic E-state index is -1.60. The lowest BCUT2D eigenvalue weighted by atomic mass is 10.0. The zero-order valence-electron chi connectivity index (χ0n) is 21.7. The van der Waals surface area contributed by atoms with Crippen LogP contribution in [0.15, 0.2) is 70.8 Å². The second kappa shape index (κ2) is 9.71. The Morgan fingerprint density at radius 1 is 0.568 bits per heavy atom. The number of nitrogens with zero attached hydrogens (tertiary/aromatic N) is 6. The van der Waals surface area contributed by atoms with Crippen molar-refractivity contribution in [3.8, 4) is 28.4 Å². The van der Waals surface area contributed by atoms with E-state index in [0.29, 0.717) is 43.7 Å². The maximum atomic E-state index is 14.0. The van der Waals surface area contributed by atoms with E-state index >= 15 is 0 Å². The van der Waals surface area contributed by atoms with Gasteiger partial charge in [0.15, 0.2) is 40.3 Å². The molecule has 0 spiro atoms. The number of nitriles is 1. The molecule has 7 aromatic rings. The predicted octanol–water partition coefficient (Wildman–Crippen LogP) is 7.25. The Kier molecular flexibility index (Phi) is 5.90. The summed E-state index contributed by atoms with van der Waals surface area (Å²) < 4.78 is 82.9. The van der Waals surface area contributed by atoms with Crippen molar-refractivity contribution < 1.29 is 26.3 Å². The maximum absolute atomic E-state index is 14.0. The van der Waals surface area contributed by atoms with E-state index < -0.39 is 34.9 Å². The van der Waals surface area contributed by atoms with Crippen LogP contribution in [-0.2, 0) is 0 Å². The summed E-state index contributed by atoms with van der Waals surface area (Å²) in [4.78, 5) is 16.6. The lowest BCUT2D eigenvalue weighted by molar-refractivity contribution is 0.447. The number of benzene rings is 4. The van der Waals surface area contributed by atoms with Gasteiger partial charge < -0.3 is 0 Å². The van der Waals surface area contributed by atoms with Crippen molar-refractivity contribution in [3.05, 3.63) is 118 Å². The zero-order valence-corrected chi connectivity index (χ0v) is 21.7. The minimum Gasteiger partial charge on any atom is -0.241 e. The molecular formula is C32H10F6N6. The van der Waals surface area contributed by atoms with Gasteiger partial charge in [0.2, 0.25) is 6.19 Å². The summed E-state index contributed by atoms with van der Waals surface area (Å²) in [6.07, 6.45) is 1.73. The fourth-order valence-electron chi connectivity index (χ4n) is 5.41. The van der Waals surface area contributed by atoms with Crippen LogP contribution >= 0.6 is 0 Å². The first-order valence-corrected chi connectivity index (χ1v) is 12.6. The molecule has 0 fully saturated rings. The molecule has 6 aromatic carbocycles. The first-order chi connectivity index (χ1) is 21.2. The average molecular weight is 592 g/mol. The van der Waals surface area contributed by atoms with Crippen molar-refractivity contribution in [2.45, 2.75) is 0 Å². The van der Waals surface area contributed by atoms with Crippen LogP contribution in [0.3, 0.4) is 0 Å². The smallest absolute Gasteiger partial charge is 0.206 e. The molecule has 0 N–H and O–H groups in total. The third-order valence-corrected chi connectivity index (χ3v) is 7.35. The largest absolute Gasteiger partial charge is 0.241 e.